The minimum atomic E-state index is 0.371. The summed E-state index contributed by atoms with van der Waals surface area (Å²) in [6.45, 7) is 17.5. The van der Waals surface area contributed by atoms with Crippen LogP contribution in [0.2, 0.25) is 0 Å². The monoisotopic (exact) mass is 226 g/mol. The van der Waals surface area contributed by atoms with Crippen molar-refractivity contribution in [3.63, 3.8) is 0 Å². The first-order chi connectivity index (χ1) is 7.34. The van der Waals surface area contributed by atoms with Crippen LogP contribution in [0.25, 0.3) is 0 Å². The van der Waals surface area contributed by atoms with Crippen molar-refractivity contribution >= 4 is 0 Å². The lowest BCUT2D eigenvalue weighted by Crippen LogP contribution is -2.60. The number of hydrogen-bond donors (Lipinski definition) is 1. The van der Waals surface area contributed by atoms with Gasteiger partial charge in [-0.2, -0.15) is 0 Å². The lowest BCUT2D eigenvalue weighted by Gasteiger charge is -2.45. The second-order valence-electron chi connectivity index (χ2n) is 6.70. The smallest absolute Gasteiger partial charge is 0.0244 e. The quantitative estimate of drug-likeness (QED) is 0.796. The predicted molar refractivity (Wildman–Crippen MR) is 71.7 cm³/mol. The van der Waals surface area contributed by atoms with Gasteiger partial charge in [0, 0.05) is 25.2 Å². The number of nitrogens with zero attached hydrogens (tertiary/aromatic N) is 1. The summed E-state index contributed by atoms with van der Waals surface area (Å²) in [6, 6.07) is 1.37. The maximum Gasteiger partial charge on any atom is 0.0244 e. The third-order valence-electron chi connectivity index (χ3n) is 3.73. The predicted octanol–water partition coefficient (Wildman–Crippen LogP) is 2.74. The maximum atomic E-state index is 3.74. The van der Waals surface area contributed by atoms with Crippen LogP contribution in [-0.2, 0) is 0 Å². The van der Waals surface area contributed by atoms with E-state index in [1.165, 1.54) is 19.5 Å². The van der Waals surface area contributed by atoms with Crippen molar-refractivity contribution < 1.29 is 0 Å². The van der Waals surface area contributed by atoms with Crippen LogP contribution in [0.15, 0.2) is 0 Å². The van der Waals surface area contributed by atoms with Crippen LogP contribution in [0.1, 0.15) is 48.0 Å². The first-order valence-electron chi connectivity index (χ1n) is 6.82. The van der Waals surface area contributed by atoms with Crippen molar-refractivity contribution in [3.05, 3.63) is 0 Å². The Kier molecular flexibility index (Phi) is 4.81. The van der Waals surface area contributed by atoms with Crippen LogP contribution in [0.4, 0.5) is 0 Å². The zero-order valence-corrected chi connectivity index (χ0v) is 12.0. The van der Waals surface area contributed by atoms with Crippen molar-refractivity contribution in [2.75, 3.05) is 19.6 Å². The molecule has 2 heteroatoms. The zero-order chi connectivity index (χ0) is 12.3. The molecule has 0 saturated carbocycles. The molecule has 2 nitrogen and oxygen atoms in total. The molecule has 0 aromatic carbocycles. The molecule has 96 valence electrons. The van der Waals surface area contributed by atoms with Crippen LogP contribution in [0.3, 0.4) is 0 Å². The summed E-state index contributed by atoms with van der Waals surface area (Å²) >= 11 is 0. The van der Waals surface area contributed by atoms with Gasteiger partial charge >= 0.3 is 0 Å². The highest BCUT2D eigenvalue weighted by atomic mass is 15.2. The van der Waals surface area contributed by atoms with Gasteiger partial charge in [-0.25, -0.2) is 0 Å². The van der Waals surface area contributed by atoms with E-state index in [0.717, 1.165) is 18.5 Å². The molecule has 1 saturated heterocycles. The van der Waals surface area contributed by atoms with Gasteiger partial charge in [0.1, 0.15) is 0 Å². The molecule has 1 fully saturated rings. The van der Waals surface area contributed by atoms with Crippen LogP contribution < -0.4 is 5.32 Å². The molecule has 0 bridgehead atoms. The van der Waals surface area contributed by atoms with E-state index in [0.29, 0.717) is 11.5 Å². The number of hydrogen-bond acceptors (Lipinski definition) is 2. The molecule has 1 rings (SSSR count). The molecule has 0 radical (unpaired) electrons. The second-order valence-corrected chi connectivity index (χ2v) is 6.70. The van der Waals surface area contributed by atoms with E-state index in [1.807, 2.05) is 0 Å². The highest BCUT2D eigenvalue weighted by Gasteiger charge is 2.33. The minimum Gasteiger partial charge on any atom is -0.311 e. The third kappa shape index (κ3) is 3.74. The largest absolute Gasteiger partial charge is 0.311 e. The summed E-state index contributed by atoms with van der Waals surface area (Å²) in [7, 11) is 0. The Morgan fingerprint density at radius 1 is 1.31 bits per heavy atom. The molecule has 0 aliphatic carbocycles. The van der Waals surface area contributed by atoms with Gasteiger partial charge in [-0.15, -0.1) is 0 Å². The molecule has 1 N–H and O–H groups in total. The lowest BCUT2D eigenvalue weighted by atomic mass is 9.84. The van der Waals surface area contributed by atoms with E-state index in [-0.39, 0.29) is 0 Å². The number of nitrogens with one attached hydrogen (secondary N) is 1. The van der Waals surface area contributed by atoms with Crippen molar-refractivity contribution in [3.8, 4) is 0 Å². The fourth-order valence-electron chi connectivity index (χ4n) is 2.60. The maximum absolute atomic E-state index is 3.74. The van der Waals surface area contributed by atoms with Gasteiger partial charge in [0.05, 0.1) is 0 Å². The molecule has 16 heavy (non-hydrogen) atoms. The lowest BCUT2D eigenvalue weighted by molar-refractivity contribution is 0.0798. The average Bonchev–Trinajstić information content (AvgIpc) is 2.15. The molecule has 1 heterocycles. The van der Waals surface area contributed by atoms with Crippen molar-refractivity contribution in [1.82, 2.24) is 10.2 Å². The van der Waals surface area contributed by atoms with Crippen molar-refractivity contribution in [2.45, 2.75) is 60.0 Å². The molecule has 2 atom stereocenters. The summed E-state index contributed by atoms with van der Waals surface area (Å²) in [6.07, 6.45) is 1.32. The van der Waals surface area contributed by atoms with Gasteiger partial charge in [0.2, 0.25) is 0 Å². The van der Waals surface area contributed by atoms with Crippen LogP contribution in [0, 0.1) is 11.3 Å². The van der Waals surface area contributed by atoms with Crippen LogP contribution >= 0.6 is 0 Å². The van der Waals surface area contributed by atoms with Gasteiger partial charge in [-0.3, -0.25) is 4.90 Å². The molecular weight excluding hydrogens is 196 g/mol. The summed E-state index contributed by atoms with van der Waals surface area (Å²) in [5.41, 5.74) is 0.371. The van der Waals surface area contributed by atoms with Gasteiger partial charge in [0.15, 0.2) is 0 Å². The number of likely N-dealkylation sites (N-methyl/N-ethyl adjacent to an activating group) is 1. The van der Waals surface area contributed by atoms with E-state index in [9.17, 15) is 0 Å². The van der Waals surface area contributed by atoms with E-state index >= 15 is 0 Å². The van der Waals surface area contributed by atoms with Crippen LogP contribution in [0.5, 0.6) is 0 Å². The third-order valence-corrected chi connectivity index (χ3v) is 3.73. The number of piperazine rings is 1. The summed E-state index contributed by atoms with van der Waals surface area (Å²) in [4.78, 5) is 2.66. The van der Waals surface area contributed by atoms with Crippen molar-refractivity contribution in [2.24, 2.45) is 11.3 Å². The second kappa shape index (κ2) is 5.50. The summed E-state index contributed by atoms with van der Waals surface area (Å²) in [5.74, 6) is 0.798. The molecule has 0 amide bonds. The normalized spacial score (nSPS) is 28.7. The fourth-order valence-corrected chi connectivity index (χ4v) is 2.60. The Hall–Kier alpha value is -0.0800. The average molecular weight is 226 g/mol. The standard InChI is InChI=1S/C14H30N2/c1-7-16-10-13(14(4,5)6)15-9-12(16)8-11(2)3/h11-13,15H,7-10H2,1-6H3. The Balaban J connectivity index is 2.57. The van der Waals surface area contributed by atoms with Gasteiger partial charge < -0.3 is 5.32 Å². The van der Waals surface area contributed by atoms with Crippen molar-refractivity contribution in [1.29, 1.82) is 0 Å². The highest BCUT2D eigenvalue weighted by molar-refractivity contribution is 4.91. The Morgan fingerprint density at radius 2 is 1.94 bits per heavy atom. The zero-order valence-electron chi connectivity index (χ0n) is 12.0. The summed E-state index contributed by atoms with van der Waals surface area (Å²) in [5, 5.41) is 3.74. The Bertz CT molecular complexity index is 205. The van der Waals surface area contributed by atoms with E-state index in [2.05, 4.69) is 51.8 Å². The topological polar surface area (TPSA) is 15.3 Å². The van der Waals surface area contributed by atoms with E-state index in [4.69, 9.17) is 0 Å². The summed E-state index contributed by atoms with van der Waals surface area (Å²) < 4.78 is 0. The first-order valence-corrected chi connectivity index (χ1v) is 6.82. The van der Waals surface area contributed by atoms with Gasteiger partial charge in [-0.1, -0.05) is 41.5 Å². The minimum absolute atomic E-state index is 0.371. The van der Waals surface area contributed by atoms with Crippen LogP contribution in [-0.4, -0.2) is 36.6 Å². The molecular formula is C14H30N2. The molecule has 1 aliphatic heterocycles. The Morgan fingerprint density at radius 3 is 2.38 bits per heavy atom. The Labute approximate surface area is 102 Å². The fraction of sp³-hybridized carbons (Fsp3) is 1.00. The highest BCUT2D eigenvalue weighted by Crippen LogP contribution is 2.25. The number of rotatable bonds is 3. The molecule has 2 unspecified atom stereocenters. The van der Waals surface area contributed by atoms with Gasteiger partial charge in [-0.05, 0) is 24.3 Å². The molecule has 0 aromatic heterocycles. The molecule has 1 aliphatic rings. The SMILES string of the molecule is CCN1CC(C(C)(C)C)NCC1CC(C)C. The first kappa shape index (κ1) is 14.0. The van der Waals surface area contributed by atoms with E-state index in [1.54, 1.807) is 0 Å². The van der Waals surface area contributed by atoms with Gasteiger partial charge in [0.25, 0.3) is 0 Å². The molecule has 0 aromatic rings. The van der Waals surface area contributed by atoms with E-state index < -0.39 is 0 Å². The molecule has 0 spiro atoms.